The van der Waals surface area contributed by atoms with Crippen LogP contribution in [0.5, 0.6) is 11.5 Å². The van der Waals surface area contributed by atoms with Gasteiger partial charge in [0.1, 0.15) is 11.5 Å². The minimum Gasteiger partial charge on any atom is -0.496 e. The number of fused-ring (bicyclic) bond motifs is 18. The Labute approximate surface area is 165 Å². The lowest BCUT2D eigenvalue weighted by Gasteiger charge is -2.83. The summed E-state index contributed by atoms with van der Waals surface area (Å²) >= 11 is 0. The van der Waals surface area contributed by atoms with Gasteiger partial charge in [-0.1, -0.05) is 13.8 Å². The first-order chi connectivity index (χ1) is 13.4. The summed E-state index contributed by atoms with van der Waals surface area (Å²) in [5.74, 6) is 4.96. The lowest BCUT2D eigenvalue weighted by molar-refractivity contribution is -0.353. The van der Waals surface area contributed by atoms with Crippen LogP contribution in [-0.4, -0.2) is 25.8 Å². The Hall–Kier alpha value is -1.84. The molecule has 28 heavy (non-hydrogen) atoms. The Morgan fingerprint density at radius 2 is 1.07 bits per heavy atom. The molecule has 6 aliphatic rings. The highest BCUT2D eigenvalue weighted by Crippen LogP contribution is 2.93. The number of hydrogen-bond acceptors (Lipinski definition) is 4. The maximum absolute atomic E-state index is 12.5. The number of ether oxygens (including phenoxy) is 2. The van der Waals surface area contributed by atoms with E-state index in [1.165, 1.54) is 17.5 Å². The molecular formula is C24H26O4. The number of carbonyl (C=O) groups excluding carboxylic acids is 2. The Kier molecular flexibility index (Phi) is 2.48. The standard InChI is InChI=1S/C24H26O4/c1-23-17-9-7-10(16-14(28-4)6-5-13(27-3)15(9)16)18(17)24(23,2)20-12-8-11(19(20)23)21(25)22(12)26/h5-6,9-12,17-20H,7-8H2,1-4H3/t9-,10?,11-,12+,17?,18?,19?,20?,23?,24?/m0/s1. The van der Waals surface area contributed by atoms with Crippen LogP contribution in [-0.2, 0) is 9.59 Å². The normalized spacial score (nSPS) is 53.1. The van der Waals surface area contributed by atoms with E-state index in [2.05, 4.69) is 26.0 Å². The SMILES string of the molecule is COc1ccc(OC)c2c1C1C[C@@H]2C2C1C1(C)C3C([C@@H]4C[C@H]3C(=O)C4=O)C21C. The molecule has 4 heteroatoms. The molecule has 0 spiro atoms. The Balaban J connectivity index is 1.40. The molecule has 10 atom stereocenters. The van der Waals surface area contributed by atoms with Gasteiger partial charge in [-0.15, -0.1) is 0 Å². The van der Waals surface area contributed by atoms with Crippen molar-refractivity contribution in [3.05, 3.63) is 23.3 Å². The van der Waals surface area contributed by atoms with E-state index in [0.717, 1.165) is 17.9 Å². The molecule has 5 fully saturated rings. The lowest BCUT2D eigenvalue weighted by Crippen LogP contribution is -2.81. The van der Waals surface area contributed by atoms with Crippen LogP contribution in [0.15, 0.2) is 12.1 Å². The number of Topliss-reactive ketones (excluding diaryl/α,β-unsaturated/α-hetero) is 2. The van der Waals surface area contributed by atoms with E-state index in [0.29, 0.717) is 35.5 Å². The molecule has 1 aromatic rings. The zero-order valence-electron chi connectivity index (χ0n) is 16.8. The first kappa shape index (κ1) is 16.0. The van der Waals surface area contributed by atoms with Crippen LogP contribution in [0.1, 0.15) is 49.7 Å². The molecule has 4 nitrogen and oxygen atoms in total. The number of rotatable bonds is 2. The van der Waals surface area contributed by atoms with Gasteiger partial charge in [-0.05, 0) is 71.3 Å². The summed E-state index contributed by atoms with van der Waals surface area (Å²) in [6, 6.07) is 4.10. The largest absolute Gasteiger partial charge is 0.496 e. The summed E-state index contributed by atoms with van der Waals surface area (Å²) in [6.07, 6.45) is 2.00. The molecule has 1 aromatic carbocycles. The van der Waals surface area contributed by atoms with Gasteiger partial charge in [0.2, 0.25) is 11.6 Å². The fourth-order valence-corrected chi connectivity index (χ4v) is 10.2. The maximum Gasteiger partial charge on any atom is 0.202 e. The molecule has 4 bridgehead atoms. The Morgan fingerprint density at radius 3 is 1.46 bits per heavy atom. The molecular weight excluding hydrogens is 352 g/mol. The van der Waals surface area contributed by atoms with Crippen molar-refractivity contribution in [1.29, 1.82) is 0 Å². The van der Waals surface area contributed by atoms with Gasteiger partial charge >= 0.3 is 0 Å². The fraction of sp³-hybridized carbons (Fsp3) is 0.667. The fourth-order valence-electron chi connectivity index (χ4n) is 10.2. The number of methoxy groups -OCH3 is 2. The summed E-state index contributed by atoms with van der Waals surface area (Å²) in [4.78, 5) is 25.1. The van der Waals surface area contributed by atoms with Crippen molar-refractivity contribution in [3.63, 3.8) is 0 Å². The quantitative estimate of drug-likeness (QED) is 0.583. The third-order valence-corrected chi connectivity index (χ3v) is 10.8. The molecule has 0 radical (unpaired) electrons. The average Bonchev–Trinajstić information content (AvgIpc) is 3.44. The van der Waals surface area contributed by atoms with E-state index < -0.39 is 0 Å². The van der Waals surface area contributed by atoms with Crippen molar-refractivity contribution in [3.8, 4) is 11.5 Å². The first-order valence-corrected chi connectivity index (χ1v) is 10.7. The highest BCUT2D eigenvalue weighted by atomic mass is 16.5. The van der Waals surface area contributed by atoms with Crippen LogP contribution in [0, 0.1) is 46.3 Å². The average molecular weight is 378 g/mol. The van der Waals surface area contributed by atoms with Crippen LogP contribution >= 0.6 is 0 Å². The molecule has 0 saturated heterocycles. The lowest BCUT2D eigenvalue weighted by atomic mass is 9.20. The van der Waals surface area contributed by atoms with Gasteiger partial charge in [0.15, 0.2) is 0 Å². The Morgan fingerprint density at radius 1 is 0.714 bits per heavy atom. The van der Waals surface area contributed by atoms with Gasteiger partial charge in [0.05, 0.1) is 14.2 Å². The zero-order valence-corrected chi connectivity index (χ0v) is 16.8. The summed E-state index contributed by atoms with van der Waals surface area (Å²) in [5.41, 5.74) is 3.10. The van der Waals surface area contributed by atoms with E-state index in [1.807, 2.05) is 0 Å². The van der Waals surface area contributed by atoms with Crippen molar-refractivity contribution in [2.45, 2.75) is 38.5 Å². The van der Waals surface area contributed by atoms with E-state index in [4.69, 9.17) is 9.47 Å². The molecule has 146 valence electrons. The number of ketones is 2. The van der Waals surface area contributed by atoms with Crippen LogP contribution < -0.4 is 9.47 Å². The monoisotopic (exact) mass is 378 g/mol. The second-order valence-electron chi connectivity index (χ2n) is 10.6. The highest BCUT2D eigenvalue weighted by molar-refractivity contribution is 6.41. The minimum atomic E-state index is -0.0548. The number of hydrogen-bond donors (Lipinski definition) is 0. The molecule has 0 heterocycles. The zero-order chi connectivity index (χ0) is 19.3. The number of carbonyl (C=O) groups is 2. The smallest absolute Gasteiger partial charge is 0.202 e. The van der Waals surface area contributed by atoms with Gasteiger partial charge < -0.3 is 9.47 Å². The Bertz CT molecular complexity index is 920. The number of benzene rings is 1. The van der Waals surface area contributed by atoms with Crippen molar-refractivity contribution < 1.29 is 19.1 Å². The predicted molar refractivity (Wildman–Crippen MR) is 101 cm³/mol. The van der Waals surface area contributed by atoms with Crippen molar-refractivity contribution in [2.75, 3.05) is 14.2 Å². The van der Waals surface area contributed by atoms with Crippen LogP contribution in [0.2, 0.25) is 0 Å². The molecule has 7 unspecified atom stereocenters. The van der Waals surface area contributed by atoms with Gasteiger partial charge in [0.25, 0.3) is 0 Å². The van der Waals surface area contributed by atoms with E-state index in [9.17, 15) is 9.59 Å². The van der Waals surface area contributed by atoms with Crippen molar-refractivity contribution in [1.82, 2.24) is 0 Å². The molecule has 0 amide bonds. The van der Waals surface area contributed by atoms with Crippen LogP contribution in [0.25, 0.3) is 0 Å². The van der Waals surface area contributed by atoms with E-state index in [-0.39, 0.29) is 34.2 Å². The second-order valence-corrected chi connectivity index (χ2v) is 10.6. The van der Waals surface area contributed by atoms with Crippen LogP contribution in [0.3, 0.4) is 0 Å². The van der Waals surface area contributed by atoms with Gasteiger partial charge in [0, 0.05) is 23.0 Å². The third kappa shape index (κ3) is 1.19. The van der Waals surface area contributed by atoms with Gasteiger partial charge in [-0.25, -0.2) is 0 Å². The maximum atomic E-state index is 12.5. The molecule has 6 aliphatic carbocycles. The van der Waals surface area contributed by atoms with Crippen LogP contribution in [0.4, 0.5) is 0 Å². The summed E-state index contributed by atoms with van der Waals surface area (Å²) in [7, 11) is 3.52. The third-order valence-electron chi connectivity index (χ3n) is 10.8. The van der Waals surface area contributed by atoms with Gasteiger partial charge in [-0.3, -0.25) is 9.59 Å². The summed E-state index contributed by atoms with van der Waals surface area (Å²) in [5, 5.41) is 0. The summed E-state index contributed by atoms with van der Waals surface area (Å²) < 4.78 is 11.5. The first-order valence-electron chi connectivity index (χ1n) is 10.7. The minimum absolute atomic E-state index is 0.00678. The highest BCUT2D eigenvalue weighted by Gasteiger charge is 2.90. The molecule has 0 aromatic heterocycles. The predicted octanol–water partition coefficient (Wildman–Crippen LogP) is 3.58. The molecule has 5 saturated carbocycles. The van der Waals surface area contributed by atoms with E-state index in [1.54, 1.807) is 14.2 Å². The second kappa shape index (κ2) is 4.34. The topological polar surface area (TPSA) is 52.6 Å². The van der Waals surface area contributed by atoms with E-state index >= 15 is 0 Å². The molecule has 7 rings (SSSR count). The summed E-state index contributed by atoms with van der Waals surface area (Å²) in [6.45, 7) is 4.89. The van der Waals surface area contributed by atoms with Gasteiger partial charge in [-0.2, -0.15) is 0 Å². The molecule has 0 N–H and O–H groups in total. The van der Waals surface area contributed by atoms with Crippen molar-refractivity contribution >= 4 is 11.6 Å². The molecule has 0 aliphatic heterocycles. The van der Waals surface area contributed by atoms with Crippen molar-refractivity contribution in [2.24, 2.45) is 46.3 Å².